The number of rotatable bonds is 1. The molecule has 0 radical (unpaired) electrons. The SMILES string of the molecule is CC(C)c1ncc(N)nc1C#N. The topological polar surface area (TPSA) is 75.6 Å². The van der Waals surface area contributed by atoms with Gasteiger partial charge in [-0.25, -0.2) is 4.98 Å². The van der Waals surface area contributed by atoms with Crippen molar-refractivity contribution in [2.75, 3.05) is 5.73 Å². The predicted octanol–water partition coefficient (Wildman–Crippen LogP) is 1.05. The Morgan fingerprint density at radius 3 is 2.75 bits per heavy atom. The third-order valence-corrected chi connectivity index (χ3v) is 1.47. The molecule has 0 saturated heterocycles. The lowest BCUT2D eigenvalue weighted by Crippen LogP contribution is -2.02. The van der Waals surface area contributed by atoms with E-state index in [-0.39, 0.29) is 11.7 Å². The molecule has 1 heterocycles. The van der Waals surface area contributed by atoms with Crippen LogP contribution in [0.3, 0.4) is 0 Å². The smallest absolute Gasteiger partial charge is 0.164 e. The molecule has 0 unspecified atom stereocenters. The van der Waals surface area contributed by atoms with Gasteiger partial charge in [0.25, 0.3) is 0 Å². The molecule has 0 fully saturated rings. The zero-order valence-electron chi connectivity index (χ0n) is 7.07. The van der Waals surface area contributed by atoms with Crippen molar-refractivity contribution in [2.24, 2.45) is 0 Å². The lowest BCUT2D eigenvalue weighted by atomic mass is 10.1. The Morgan fingerprint density at radius 1 is 1.58 bits per heavy atom. The maximum Gasteiger partial charge on any atom is 0.164 e. The van der Waals surface area contributed by atoms with Crippen LogP contribution >= 0.6 is 0 Å². The zero-order valence-corrected chi connectivity index (χ0v) is 7.07. The molecule has 0 spiro atoms. The first-order valence-electron chi connectivity index (χ1n) is 3.67. The third-order valence-electron chi connectivity index (χ3n) is 1.47. The molecule has 0 bridgehead atoms. The molecule has 1 aromatic heterocycles. The molecule has 0 aliphatic rings. The highest BCUT2D eigenvalue weighted by Crippen LogP contribution is 2.14. The summed E-state index contributed by atoms with van der Waals surface area (Å²) in [5.41, 5.74) is 6.40. The fourth-order valence-electron chi connectivity index (χ4n) is 0.917. The minimum Gasteiger partial charge on any atom is -0.382 e. The van der Waals surface area contributed by atoms with Crippen molar-refractivity contribution in [1.82, 2.24) is 9.97 Å². The van der Waals surface area contributed by atoms with Crippen molar-refractivity contribution in [2.45, 2.75) is 19.8 Å². The van der Waals surface area contributed by atoms with Crippen molar-refractivity contribution < 1.29 is 0 Å². The van der Waals surface area contributed by atoms with E-state index in [2.05, 4.69) is 9.97 Å². The fraction of sp³-hybridized carbons (Fsp3) is 0.375. The van der Waals surface area contributed by atoms with Gasteiger partial charge in [0.15, 0.2) is 5.69 Å². The number of aromatic nitrogens is 2. The molecule has 0 atom stereocenters. The third kappa shape index (κ3) is 1.51. The van der Waals surface area contributed by atoms with Crippen molar-refractivity contribution in [3.05, 3.63) is 17.6 Å². The summed E-state index contributed by atoms with van der Waals surface area (Å²) in [4.78, 5) is 7.91. The second-order valence-corrected chi connectivity index (χ2v) is 2.80. The van der Waals surface area contributed by atoms with Gasteiger partial charge in [0.1, 0.15) is 11.9 Å². The van der Waals surface area contributed by atoms with Crippen LogP contribution in [0.4, 0.5) is 5.82 Å². The first-order chi connectivity index (χ1) is 5.65. The van der Waals surface area contributed by atoms with Crippen LogP contribution < -0.4 is 5.73 Å². The zero-order chi connectivity index (χ0) is 9.14. The van der Waals surface area contributed by atoms with Crippen LogP contribution in [-0.4, -0.2) is 9.97 Å². The molecule has 0 aromatic carbocycles. The summed E-state index contributed by atoms with van der Waals surface area (Å²) >= 11 is 0. The lowest BCUT2D eigenvalue weighted by Gasteiger charge is -2.04. The molecule has 62 valence electrons. The van der Waals surface area contributed by atoms with Crippen molar-refractivity contribution in [1.29, 1.82) is 5.26 Å². The van der Waals surface area contributed by atoms with Crippen LogP contribution in [0.25, 0.3) is 0 Å². The maximum absolute atomic E-state index is 8.68. The molecule has 0 aliphatic heterocycles. The second kappa shape index (κ2) is 3.18. The predicted molar refractivity (Wildman–Crippen MR) is 45.2 cm³/mol. The molecular weight excluding hydrogens is 152 g/mol. The Labute approximate surface area is 71.1 Å². The summed E-state index contributed by atoms with van der Waals surface area (Å²) in [7, 11) is 0. The maximum atomic E-state index is 8.68. The Kier molecular flexibility index (Phi) is 2.24. The molecule has 0 aliphatic carbocycles. The van der Waals surface area contributed by atoms with Gasteiger partial charge in [-0.1, -0.05) is 13.8 Å². The monoisotopic (exact) mass is 162 g/mol. The fourth-order valence-corrected chi connectivity index (χ4v) is 0.917. The summed E-state index contributed by atoms with van der Waals surface area (Å²) in [5.74, 6) is 0.490. The average Bonchev–Trinajstić information content (AvgIpc) is 2.03. The molecular formula is C8H10N4. The van der Waals surface area contributed by atoms with E-state index in [1.165, 1.54) is 6.20 Å². The van der Waals surface area contributed by atoms with Crippen molar-refractivity contribution >= 4 is 5.82 Å². The van der Waals surface area contributed by atoms with Crippen LogP contribution in [-0.2, 0) is 0 Å². The highest BCUT2D eigenvalue weighted by atomic mass is 14.9. The first kappa shape index (κ1) is 8.47. The standard InChI is InChI=1S/C8H10N4/c1-5(2)8-6(3-9)12-7(10)4-11-8/h4-5H,1-2H3,(H2,10,12). The van der Waals surface area contributed by atoms with Gasteiger partial charge in [0.2, 0.25) is 0 Å². The Bertz CT molecular complexity index is 324. The van der Waals surface area contributed by atoms with Gasteiger partial charge in [0, 0.05) is 0 Å². The number of anilines is 1. The van der Waals surface area contributed by atoms with Crippen LogP contribution in [0.15, 0.2) is 6.20 Å². The molecule has 0 amide bonds. The van der Waals surface area contributed by atoms with E-state index in [1.54, 1.807) is 0 Å². The molecule has 4 heteroatoms. The van der Waals surface area contributed by atoms with E-state index in [1.807, 2.05) is 19.9 Å². The van der Waals surface area contributed by atoms with Gasteiger partial charge >= 0.3 is 0 Å². The number of hydrogen-bond donors (Lipinski definition) is 1. The highest BCUT2D eigenvalue weighted by molar-refractivity contribution is 5.35. The Morgan fingerprint density at radius 2 is 2.25 bits per heavy atom. The quantitative estimate of drug-likeness (QED) is 0.669. The molecule has 0 saturated carbocycles. The van der Waals surface area contributed by atoms with Gasteiger partial charge < -0.3 is 5.73 Å². The van der Waals surface area contributed by atoms with E-state index in [9.17, 15) is 0 Å². The van der Waals surface area contributed by atoms with Crippen LogP contribution in [0, 0.1) is 11.3 Å². The normalized spacial score (nSPS) is 9.83. The minimum atomic E-state index is 0.202. The number of nitrogens with two attached hydrogens (primary N) is 1. The van der Waals surface area contributed by atoms with E-state index in [0.29, 0.717) is 11.4 Å². The highest BCUT2D eigenvalue weighted by Gasteiger charge is 2.08. The number of nitrogen functional groups attached to an aromatic ring is 1. The Balaban J connectivity index is 3.23. The lowest BCUT2D eigenvalue weighted by molar-refractivity contribution is 0.807. The van der Waals surface area contributed by atoms with Crippen LogP contribution in [0.5, 0.6) is 0 Å². The van der Waals surface area contributed by atoms with Crippen molar-refractivity contribution in [3.8, 4) is 6.07 Å². The molecule has 1 aromatic rings. The van der Waals surface area contributed by atoms with E-state index < -0.39 is 0 Å². The molecule has 4 nitrogen and oxygen atoms in total. The number of hydrogen-bond acceptors (Lipinski definition) is 4. The average molecular weight is 162 g/mol. The van der Waals surface area contributed by atoms with Crippen LogP contribution in [0.1, 0.15) is 31.2 Å². The summed E-state index contributed by atoms with van der Waals surface area (Å²) in [5, 5.41) is 8.68. The van der Waals surface area contributed by atoms with Gasteiger partial charge in [0.05, 0.1) is 11.9 Å². The molecule has 2 N–H and O–H groups in total. The number of nitriles is 1. The van der Waals surface area contributed by atoms with E-state index >= 15 is 0 Å². The Hall–Kier alpha value is -1.63. The van der Waals surface area contributed by atoms with Gasteiger partial charge in [-0.2, -0.15) is 5.26 Å². The molecule has 1 rings (SSSR count). The number of nitrogens with zero attached hydrogens (tertiary/aromatic N) is 3. The first-order valence-corrected chi connectivity index (χ1v) is 3.67. The molecule has 12 heavy (non-hydrogen) atoms. The van der Waals surface area contributed by atoms with E-state index in [4.69, 9.17) is 11.0 Å². The van der Waals surface area contributed by atoms with Crippen LogP contribution in [0.2, 0.25) is 0 Å². The summed E-state index contributed by atoms with van der Waals surface area (Å²) in [6, 6.07) is 1.96. The largest absolute Gasteiger partial charge is 0.382 e. The van der Waals surface area contributed by atoms with Crippen molar-refractivity contribution in [3.63, 3.8) is 0 Å². The van der Waals surface area contributed by atoms with E-state index in [0.717, 1.165) is 0 Å². The van der Waals surface area contributed by atoms with Gasteiger partial charge in [-0.3, -0.25) is 4.98 Å². The van der Waals surface area contributed by atoms with Gasteiger partial charge in [-0.05, 0) is 5.92 Å². The summed E-state index contributed by atoms with van der Waals surface area (Å²) in [6.07, 6.45) is 1.47. The second-order valence-electron chi connectivity index (χ2n) is 2.80. The van der Waals surface area contributed by atoms with Gasteiger partial charge in [-0.15, -0.1) is 0 Å². The minimum absolute atomic E-state index is 0.202. The summed E-state index contributed by atoms with van der Waals surface area (Å²) < 4.78 is 0. The summed E-state index contributed by atoms with van der Waals surface area (Å²) in [6.45, 7) is 3.92.